The van der Waals surface area contributed by atoms with Gasteiger partial charge in [-0.15, -0.1) is 0 Å². The molecule has 1 atom stereocenters. The van der Waals surface area contributed by atoms with Gasteiger partial charge in [0, 0.05) is 30.2 Å². The molecule has 20 heavy (non-hydrogen) atoms. The van der Waals surface area contributed by atoms with Gasteiger partial charge in [0.05, 0.1) is 11.6 Å². The van der Waals surface area contributed by atoms with Crippen molar-refractivity contribution in [1.29, 1.82) is 0 Å². The molecular weight excluding hydrogens is 248 g/mol. The average molecular weight is 272 g/mol. The lowest BCUT2D eigenvalue weighted by atomic mass is 10.1. The molecule has 2 aromatic rings. The van der Waals surface area contributed by atoms with Crippen LogP contribution < -0.4 is 0 Å². The normalized spacial score (nSPS) is 13.3. The second kappa shape index (κ2) is 6.33. The molecule has 0 saturated heterocycles. The smallest absolute Gasteiger partial charge is 0.0705 e. The van der Waals surface area contributed by atoms with Crippen LogP contribution in [0.15, 0.2) is 30.3 Å². The maximum absolute atomic E-state index is 9.60. The molecule has 0 aliphatic heterocycles. The zero-order valence-electron chi connectivity index (χ0n) is 12.8. The Balaban J connectivity index is 2.21. The predicted octanol–water partition coefficient (Wildman–Crippen LogP) is 3.13. The Hall–Kier alpha value is -1.45. The fourth-order valence-corrected chi connectivity index (χ4v) is 2.41. The van der Waals surface area contributed by atoms with E-state index in [-0.39, 0.29) is 6.10 Å². The minimum absolute atomic E-state index is 0.304. The topological polar surface area (TPSA) is 36.4 Å². The highest BCUT2D eigenvalue weighted by molar-refractivity contribution is 5.79. The first kappa shape index (κ1) is 14.9. The number of benzene rings is 1. The van der Waals surface area contributed by atoms with E-state index in [1.807, 2.05) is 19.9 Å². The molecular formula is C17H24N2O. The van der Waals surface area contributed by atoms with Crippen molar-refractivity contribution >= 4 is 10.9 Å². The zero-order valence-corrected chi connectivity index (χ0v) is 12.8. The fourth-order valence-electron chi connectivity index (χ4n) is 2.41. The minimum atomic E-state index is -0.304. The summed E-state index contributed by atoms with van der Waals surface area (Å²) in [5.74, 6) is 0. The van der Waals surface area contributed by atoms with Gasteiger partial charge >= 0.3 is 0 Å². The van der Waals surface area contributed by atoms with Gasteiger partial charge in [0.2, 0.25) is 0 Å². The summed E-state index contributed by atoms with van der Waals surface area (Å²) in [4.78, 5) is 6.81. The van der Waals surface area contributed by atoms with Crippen molar-refractivity contribution in [2.75, 3.05) is 6.54 Å². The van der Waals surface area contributed by atoms with E-state index < -0.39 is 0 Å². The first-order valence-electron chi connectivity index (χ1n) is 7.24. The molecule has 1 N–H and O–H groups in total. The number of hydrogen-bond donors (Lipinski definition) is 1. The van der Waals surface area contributed by atoms with Crippen LogP contribution in [0, 0.1) is 6.92 Å². The predicted molar refractivity (Wildman–Crippen MR) is 83.7 cm³/mol. The third-order valence-corrected chi connectivity index (χ3v) is 3.51. The molecule has 1 aromatic carbocycles. The van der Waals surface area contributed by atoms with Gasteiger partial charge in [-0.05, 0) is 51.5 Å². The molecule has 3 nitrogen and oxygen atoms in total. The van der Waals surface area contributed by atoms with Crippen molar-refractivity contribution in [3.8, 4) is 0 Å². The largest absolute Gasteiger partial charge is 0.392 e. The van der Waals surface area contributed by atoms with Crippen LogP contribution >= 0.6 is 0 Å². The van der Waals surface area contributed by atoms with E-state index in [0.717, 1.165) is 17.8 Å². The van der Waals surface area contributed by atoms with Crippen LogP contribution in [-0.2, 0) is 6.54 Å². The Morgan fingerprint density at radius 2 is 1.90 bits per heavy atom. The number of nitrogens with zero attached hydrogens (tertiary/aromatic N) is 2. The zero-order chi connectivity index (χ0) is 14.7. The summed E-state index contributed by atoms with van der Waals surface area (Å²) in [5.41, 5.74) is 3.35. The summed E-state index contributed by atoms with van der Waals surface area (Å²) < 4.78 is 0. The second-order valence-corrected chi connectivity index (χ2v) is 5.85. The SMILES string of the molecule is Cc1ccc2cc(CN(CC(C)O)C(C)C)ccc2n1. The molecule has 0 radical (unpaired) electrons. The van der Waals surface area contributed by atoms with Crippen LogP contribution in [0.2, 0.25) is 0 Å². The van der Waals surface area contributed by atoms with Crippen molar-refractivity contribution in [3.63, 3.8) is 0 Å². The molecule has 0 aliphatic carbocycles. The van der Waals surface area contributed by atoms with Gasteiger partial charge in [-0.1, -0.05) is 12.1 Å². The Labute approximate surface area is 121 Å². The highest BCUT2D eigenvalue weighted by Gasteiger charge is 2.12. The third-order valence-electron chi connectivity index (χ3n) is 3.51. The van der Waals surface area contributed by atoms with Gasteiger partial charge in [-0.3, -0.25) is 9.88 Å². The number of fused-ring (bicyclic) bond motifs is 1. The van der Waals surface area contributed by atoms with Crippen molar-refractivity contribution in [2.24, 2.45) is 0 Å². The molecule has 108 valence electrons. The molecule has 1 unspecified atom stereocenters. The van der Waals surface area contributed by atoms with E-state index in [0.29, 0.717) is 12.6 Å². The highest BCUT2D eigenvalue weighted by Crippen LogP contribution is 2.17. The van der Waals surface area contributed by atoms with Crippen LogP contribution in [0.3, 0.4) is 0 Å². The number of aromatic nitrogens is 1. The molecule has 1 aromatic heterocycles. The van der Waals surface area contributed by atoms with Crippen LogP contribution in [-0.4, -0.2) is 33.7 Å². The third kappa shape index (κ3) is 3.78. The summed E-state index contributed by atoms with van der Waals surface area (Å²) >= 11 is 0. The molecule has 3 heteroatoms. The Morgan fingerprint density at radius 1 is 1.15 bits per heavy atom. The molecule has 0 aliphatic rings. The maximum Gasteiger partial charge on any atom is 0.0705 e. The quantitative estimate of drug-likeness (QED) is 0.908. The number of rotatable bonds is 5. The van der Waals surface area contributed by atoms with Crippen LogP contribution in [0.5, 0.6) is 0 Å². The highest BCUT2D eigenvalue weighted by atomic mass is 16.3. The van der Waals surface area contributed by atoms with Crippen molar-refractivity contribution < 1.29 is 5.11 Å². The Bertz CT molecular complexity index is 578. The fraction of sp³-hybridized carbons (Fsp3) is 0.471. The lowest BCUT2D eigenvalue weighted by Crippen LogP contribution is -2.36. The number of pyridine rings is 1. The molecule has 0 spiro atoms. The van der Waals surface area contributed by atoms with Gasteiger partial charge in [-0.25, -0.2) is 0 Å². The lowest BCUT2D eigenvalue weighted by molar-refractivity contribution is 0.103. The monoisotopic (exact) mass is 272 g/mol. The van der Waals surface area contributed by atoms with E-state index in [1.54, 1.807) is 0 Å². The number of aryl methyl sites for hydroxylation is 1. The van der Waals surface area contributed by atoms with Gasteiger partial charge in [0.25, 0.3) is 0 Å². The molecule has 0 amide bonds. The summed E-state index contributed by atoms with van der Waals surface area (Å²) in [6.45, 7) is 9.72. The summed E-state index contributed by atoms with van der Waals surface area (Å²) in [7, 11) is 0. The van der Waals surface area contributed by atoms with Gasteiger partial charge in [-0.2, -0.15) is 0 Å². The van der Waals surface area contributed by atoms with Crippen LogP contribution in [0.25, 0.3) is 10.9 Å². The van der Waals surface area contributed by atoms with Gasteiger partial charge in [0.15, 0.2) is 0 Å². The minimum Gasteiger partial charge on any atom is -0.392 e. The van der Waals surface area contributed by atoms with Crippen LogP contribution in [0.1, 0.15) is 32.0 Å². The first-order chi connectivity index (χ1) is 9.45. The first-order valence-corrected chi connectivity index (χ1v) is 7.24. The van der Waals surface area contributed by atoms with E-state index >= 15 is 0 Å². The van der Waals surface area contributed by atoms with E-state index in [4.69, 9.17) is 0 Å². The summed E-state index contributed by atoms with van der Waals surface area (Å²) in [6.07, 6.45) is -0.304. The number of aliphatic hydroxyl groups excluding tert-OH is 1. The van der Waals surface area contributed by atoms with Gasteiger partial charge < -0.3 is 5.11 Å². The number of aliphatic hydroxyl groups is 1. The molecule has 1 heterocycles. The maximum atomic E-state index is 9.60. The van der Waals surface area contributed by atoms with E-state index in [9.17, 15) is 5.11 Å². The molecule has 0 fully saturated rings. The Kier molecular flexibility index (Phi) is 4.73. The van der Waals surface area contributed by atoms with E-state index in [1.165, 1.54) is 10.9 Å². The van der Waals surface area contributed by atoms with Gasteiger partial charge in [0.1, 0.15) is 0 Å². The second-order valence-electron chi connectivity index (χ2n) is 5.85. The van der Waals surface area contributed by atoms with Crippen molar-refractivity contribution in [3.05, 3.63) is 41.6 Å². The summed E-state index contributed by atoms with van der Waals surface area (Å²) in [6, 6.07) is 11.0. The summed E-state index contributed by atoms with van der Waals surface area (Å²) in [5, 5.41) is 10.8. The molecule has 0 bridgehead atoms. The Morgan fingerprint density at radius 3 is 2.55 bits per heavy atom. The van der Waals surface area contributed by atoms with Crippen molar-refractivity contribution in [2.45, 2.75) is 46.4 Å². The van der Waals surface area contributed by atoms with Crippen LogP contribution in [0.4, 0.5) is 0 Å². The standard InChI is InChI=1S/C17H24N2O/c1-12(2)19(10-14(4)20)11-15-6-8-17-16(9-15)7-5-13(3)18-17/h5-9,12,14,20H,10-11H2,1-4H3. The number of hydrogen-bond acceptors (Lipinski definition) is 3. The van der Waals surface area contributed by atoms with Crippen molar-refractivity contribution in [1.82, 2.24) is 9.88 Å². The molecule has 0 saturated carbocycles. The van der Waals surface area contributed by atoms with E-state index in [2.05, 4.69) is 48.0 Å². The lowest BCUT2D eigenvalue weighted by Gasteiger charge is -2.27. The average Bonchev–Trinajstić information content (AvgIpc) is 2.37. The molecule has 2 rings (SSSR count).